The van der Waals surface area contributed by atoms with Gasteiger partial charge in [-0.1, -0.05) is 11.6 Å². The third-order valence-corrected chi connectivity index (χ3v) is 3.99. The fourth-order valence-electron chi connectivity index (χ4n) is 2.78. The van der Waals surface area contributed by atoms with Crippen molar-refractivity contribution in [2.45, 2.75) is 52.5 Å². The minimum absolute atomic E-state index is 0.699. The van der Waals surface area contributed by atoms with Crippen LogP contribution in [0.15, 0.2) is 10.9 Å². The predicted octanol–water partition coefficient (Wildman–Crippen LogP) is 2.96. The van der Waals surface area contributed by atoms with Gasteiger partial charge in [0.05, 0.1) is 5.69 Å². The van der Waals surface area contributed by atoms with Crippen molar-refractivity contribution in [3.05, 3.63) is 34.6 Å². The minimum atomic E-state index is 0.699. The lowest BCUT2D eigenvalue weighted by Gasteiger charge is -2.12. The van der Waals surface area contributed by atoms with Gasteiger partial charge in [0.25, 0.3) is 0 Å². The van der Waals surface area contributed by atoms with Crippen LogP contribution in [0.3, 0.4) is 0 Å². The molecule has 0 aliphatic heterocycles. The van der Waals surface area contributed by atoms with E-state index in [0.29, 0.717) is 6.54 Å². The summed E-state index contributed by atoms with van der Waals surface area (Å²) >= 11 is 0. The van der Waals surface area contributed by atoms with Gasteiger partial charge in [-0.2, -0.15) is 0 Å². The monoisotopic (exact) mass is 272 g/mol. The lowest BCUT2D eigenvalue weighted by molar-refractivity contribution is 0.392. The van der Waals surface area contributed by atoms with Gasteiger partial charge in [-0.25, -0.2) is 9.97 Å². The maximum atomic E-state index is 5.19. The van der Waals surface area contributed by atoms with Crippen molar-refractivity contribution in [3.8, 4) is 0 Å². The van der Waals surface area contributed by atoms with Gasteiger partial charge in [-0.3, -0.25) is 0 Å². The van der Waals surface area contributed by atoms with Gasteiger partial charge < -0.3 is 9.84 Å². The van der Waals surface area contributed by atoms with Gasteiger partial charge in [-0.05, 0) is 39.5 Å². The van der Waals surface area contributed by atoms with E-state index >= 15 is 0 Å². The molecule has 0 fully saturated rings. The Morgan fingerprint density at radius 2 is 2.00 bits per heavy atom. The van der Waals surface area contributed by atoms with Crippen LogP contribution in [0.1, 0.15) is 47.5 Å². The standard InChI is InChI=1S/C15H20N4O/c1-10-13(11(2)20-19-10)8-16-15-12-6-4-3-5-7-14(12)17-9-18-15/h9H,3-8H2,1-2H3,(H,16,17,18). The molecule has 0 amide bonds. The molecular weight excluding hydrogens is 252 g/mol. The Kier molecular flexibility index (Phi) is 3.67. The molecule has 0 bridgehead atoms. The van der Waals surface area contributed by atoms with Crippen LogP contribution in [0.25, 0.3) is 0 Å². The number of rotatable bonds is 3. The van der Waals surface area contributed by atoms with Crippen LogP contribution in [-0.4, -0.2) is 15.1 Å². The van der Waals surface area contributed by atoms with Crippen LogP contribution in [-0.2, 0) is 19.4 Å². The zero-order chi connectivity index (χ0) is 13.9. The van der Waals surface area contributed by atoms with Gasteiger partial charge in [0.1, 0.15) is 17.9 Å². The Bertz CT molecular complexity index is 586. The number of anilines is 1. The third kappa shape index (κ3) is 2.53. The molecule has 1 N–H and O–H groups in total. The lowest BCUT2D eigenvalue weighted by Crippen LogP contribution is -2.08. The van der Waals surface area contributed by atoms with Gasteiger partial charge in [0.15, 0.2) is 0 Å². The zero-order valence-corrected chi connectivity index (χ0v) is 12.1. The highest BCUT2D eigenvalue weighted by molar-refractivity contribution is 5.47. The summed E-state index contributed by atoms with van der Waals surface area (Å²) in [6.45, 7) is 4.61. The van der Waals surface area contributed by atoms with E-state index in [1.165, 1.54) is 30.5 Å². The molecular formula is C15H20N4O. The molecule has 106 valence electrons. The molecule has 20 heavy (non-hydrogen) atoms. The van der Waals surface area contributed by atoms with E-state index in [2.05, 4.69) is 20.4 Å². The first-order valence-corrected chi connectivity index (χ1v) is 7.24. The number of aromatic nitrogens is 3. The number of fused-ring (bicyclic) bond motifs is 1. The van der Waals surface area contributed by atoms with Crippen LogP contribution in [0.2, 0.25) is 0 Å². The van der Waals surface area contributed by atoms with Crippen molar-refractivity contribution >= 4 is 5.82 Å². The molecule has 0 spiro atoms. The molecule has 0 saturated heterocycles. The number of aryl methyl sites for hydroxylation is 3. The van der Waals surface area contributed by atoms with Crippen LogP contribution in [0.5, 0.6) is 0 Å². The summed E-state index contributed by atoms with van der Waals surface area (Å²) < 4.78 is 5.19. The molecule has 0 unspecified atom stereocenters. The molecule has 2 aromatic heterocycles. The summed E-state index contributed by atoms with van der Waals surface area (Å²) in [6, 6.07) is 0. The second-order valence-corrected chi connectivity index (χ2v) is 5.36. The summed E-state index contributed by atoms with van der Waals surface area (Å²) in [5, 5.41) is 7.42. The largest absolute Gasteiger partial charge is 0.365 e. The highest BCUT2D eigenvalue weighted by atomic mass is 16.5. The first kappa shape index (κ1) is 13.1. The molecule has 1 aliphatic carbocycles. The Balaban J connectivity index is 1.81. The number of hydrogen-bond donors (Lipinski definition) is 1. The van der Waals surface area contributed by atoms with E-state index in [1.807, 2.05) is 13.8 Å². The Hall–Kier alpha value is -1.91. The third-order valence-electron chi connectivity index (χ3n) is 3.99. The maximum Gasteiger partial charge on any atom is 0.138 e. The van der Waals surface area contributed by atoms with E-state index in [4.69, 9.17) is 4.52 Å². The second-order valence-electron chi connectivity index (χ2n) is 5.36. The quantitative estimate of drug-likeness (QED) is 0.870. The fourth-order valence-corrected chi connectivity index (χ4v) is 2.78. The lowest BCUT2D eigenvalue weighted by atomic mass is 10.1. The molecule has 3 rings (SSSR count). The summed E-state index contributed by atoms with van der Waals surface area (Å²) in [4.78, 5) is 8.86. The van der Waals surface area contributed by atoms with E-state index in [-0.39, 0.29) is 0 Å². The average molecular weight is 272 g/mol. The Morgan fingerprint density at radius 3 is 2.80 bits per heavy atom. The highest BCUT2D eigenvalue weighted by Crippen LogP contribution is 2.24. The number of nitrogens with zero attached hydrogens (tertiary/aromatic N) is 3. The number of hydrogen-bond acceptors (Lipinski definition) is 5. The first-order valence-electron chi connectivity index (χ1n) is 7.24. The molecule has 0 atom stereocenters. The van der Waals surface area contributed by atoms with Crippen molar-refractivity contribution in [2.75, 3.05) is 5.32 Å². The fraction of sp³-hybridized carbons (Fsp3) is 0.533. The highest BCUT2D eigenvalue weighted by Gasteiger charge is 2.15. The molecule has 5 nitrogen and oxygen atoms in total. The predicted molar refractivity (Wildman–Crippen MR) is 76.6 cm³/mol. The van der Waals surface area contributed by atoms with Gasteiger partial charge in [0, 0.05) is 23.4 Å². The summed E-state index contributed by atoms with van der Waals surface area (Å²) in [7, 11) is 0. The van der Waals surface area contributed by atoms with Crippen molar-refractivity contribution in [1.82, 2.24) is 15.1 Å². The molecule has 1 aliphatic rings. The topological polar surface area (TPSA) is 63.8 Å². The van der Waals surface area contributed by atoms with Crippen LogP contribution < -0.4 is 5.32 Å². The average Bonchev–Trinajstić information content (AvgIpc) is 2.68. The normalized spacial score (nSPS) is 14.7. The SMILES string of the molecule is Cc1noc(C)c1CNc1ncnc2c1CCCCC2. The second kappa shape index (κ2) is 5.61. The Labute approximate surface area is 118 Å². The van der Waals surface area contributed by atoms with Crippen LogP contribution in [0.4, 0.5) is 5.82 Å². The minimum Gasteiger partial charge on any atom is -0.365 e. The van der Waals surface area contributed by atoms with Crippen LogP contribution in [0, 0.1) is 13.8 Å². The van der Waals surface area contributed by atoms with E-state index in [1.54, 1.807) is 6.33 Å². The smallest absolute Gasteiger partial charge is 0.138 e. The zero-order valence-electron chi connectivity index (χ0n) is 12.1. The first-order chi connectivity index (χ1) is 9.75. The van der Waals surface area contributed by atoms with E-state index in [9.17, 15) is 0 Å². The molecule has 5 heteroatoms. The van der Waals surface area contributed by atoms with Crippen molar-refractivity contribution in [3.63, 3.8) is 0 Å². The summed E-state index contributed by atoms with van der Waals surface area (Å²) in [6.07, 6.45) is 7.53. The van der Waals surface area contributed by atoms with Crippen molar-refractivity contribution in [1.29, 1.82) is 0 Å². The maximum absolute atomic E-state index is 5.19. The summed E-state index contributed by atoms with van der Waals surface area (Å²) in [5.41, 5.74) is 4.55. The van der Waals surface area contributed by atoms with Crippen molar-refractivity contribution < 1.29 is 4.52 Å². The van der Waals surface area contributed by atoms with Gasteiger partial charge in [0.2, 0.25) is 0 Å². The molecule has 2 aromatic rings. The molecule has 0 saturated carbocycles. The van der Waals surface area contributed by atoms with Crippen molar-refractivity contribution in [2.24, 2.45) is 0 Å². The van der Waals surface area contributed by atoms with Gasteiger partial charge >= 0.3 is 0 Å². The van der Waals surface area contributed by atoms with Crippen LogP contribution >= 0.6 is 0 Å². The van der Waals surface area contributed by atoms with Gasteiger partial charge in [-0.15, -0.1) is 0 Å². The van der Waals surface area contributed by atoms with E-state index in [0.717, 1.165) is 35.7 Å². The molecule has 2 heterocycles. The molecule has 0 radical (unpaired) electrons. The Morgan fingerprint density at radius 1 is 1.15 bits per heavy atom. The number of nitrogens with one attached hydrogen (secondary N) is 1. The summed E-state index contributed by atoms with van der Waals surface area (Å²) in [5.74, 6) is 1.84. The molecule has 0 aromatic carbocycles. The van der Waals surface area contributed by atoms with E-state index < -0.39 is 0 Å².